The fraction of sp³-hybridized carbons (Fsp3) is 0.379. The van der Waals surface area contributed by atoms with Crippen molar-refractivity contribution in [1.82, 2.24) is 0 Å². The maximum Gasteiger partial charge on any atom is 0.0161 e. The van der Waals surface area contributed by atoms with E-state index >= 15 is 0 Å². The Morgan fingerprint density at radius 3 is 2.17 bits per heavy atom. The van der Waals surface area contributed by atoms with Gasteiger partial charge in [-0.1, -0.05) is 97.7 Å². The Balaban J connectivity index is 1.69. The molecule has 0 aromatic heterocycles. The molecule has 0 N–H and O–H groups in total. The van der Waals surface area contributed by atoms with E-state index in [1.165, 1.54) is 55.2 Å². The van der Waals surface area contributed by atoms with Crippen LogP contribution in [0.2, 0.25) is 0 Å². The first-order valence-corrected chi connectivity index (χ1v) is 11.4. The summed E-state index contributed by atoms with van der Waals surface area (Å²) in [6.07, 6.45) is 19.2. The zero-order chi connectivity index (χ0) is 20.1. The molecule has 2 aromatic carbocycles. The molecule has 0 heteroatoms. The Kier molecular flexibility index (Phi) is 6.19. The van der Waals surface area contributed by atoms with Crippen LogP contribution in [0.3, 0.4) is 0 Å². The summed E-state index contributed by atoms with van der Waals surface area (Å²) in [7, 11) is 0. The number of fused-ring (bicyclic) bond motifs is 3. The van der Waals surface area contributed by atoms with Crippen molar-refractivity contribution < 1.29 is 0 Å². The van der Waals surface area contributed by atoms with Crippen molar-refractivity contribution in [2.24, 2.45) is 5.41 Å². The minimum Gasteiger partial charge on any atom is -0.103 e. The van der Waals surface area contributed by atoms with Gasteiger partial charge in [-0.05, 0) is 66.7 Å². The van der Waals surface area contributed by atoms with E-state index in [9.17, 15) is 0 Å². The zero-order valence-corrected chi connectivity index (χ0v) is 17.9. The topological polar surface area (TPSA) is 0 Å². The molecule has 4 rings (SSSR count). The quantitative estimate of drug-likeness (QED) is 0.332. The first kappa shape index (κ1) is 20.0. The first-order valence-electron chi connectivity index (χ1n) is 11.4. The maximum absolute atomic E-state index is 3.88. The van der Waals surface area contributed by atoms with Gasteiger partial charge < -0.3 is 0 Å². The molecular formula is C29H34. The molecule has 29 heavy (non-hydrogen) atoms. The van der Waals surface area contributed by atoms with Gasteiger partial charge in [0.15, 0.2) is 0 Å². The van der Waals surface area contributed by atoms with Gasteiger partial charge in [-0.15, -0.1) is 6.58 Å². The average Bonchev–Trinajstić information content (AvgIpc) is 3.12. The molecule has 0 unspecified atom stereocenters. The van der Waals surface area contributed by atoms with Gasteiger partial charge in [-0.25, -0.2) is 0 Å². The van der Waals surface area contributed by atoms with Crippen LogP contribution >= 0.6 is 0 Å². The standard InChI is InChI=1S/C29H34/c1-3-5-14-23(4-2)15-13-22-29(20-11-6-12-21-29)28-26-18-9-7-16-24(26)25-17-8-10-19-27(25)28/h3-4,7-10,13,15-19,28H,1,5-6,11-12,14,20-22H2,2H3/b15-13-,23-4-. The highest BCUT2D eigenvalue weighted by atomic mass is 14.5. The molecule has 0 saturated heterocycles. The molecule has 2 aromatic rings. The number of hydrogen-bond acceptors (Lipinski definition) is 0. The molecule has 0 radical (unpaired) electrons. The van der Waals surface area contributed by atoms with E-state index in [0.29, 0.717) is 11.3 Å². The average molecular weight is 383 g/mol. The molecule has 150 valence electrons. The molecule has 0 spiro atoms. The Bertz CT molecular complexity index is 860. The molecule has 1 fully saturated rings. The highest BCUT2D eigenvalue weighted by Crippen LogP contribution is 2.59. The summed E-state index contributed by atoms with van der Waals surface area (Å²) in [6, 6.07) is 18.3. The lowest BCUT2D eigenvalue weighted by atomic mass is 9.61. The van der Waals surface area contributed by atoms with Crippen molar-refractivity contribution >= 4 is 0 Å². The Hall–Kier alpha value is -2.34. The van der Waals surface area contributed by atoms with Gasteiger partial charge in [-0.2, -0.15) is 0 Å². The fourth-order valence-corrected chi connectivity index (χ4v) is 5.72. The third-order valence-corrected chi connectivity index (χ3v) is 7.16. The summed E-state index contributed by atoms with van der Waals surface area (Å²) in [5.74, 6) is 0.530. The summed E-state index contributed by atoms with van der Waals surface area (Å²) >= 11 is 0. The highest BCUT2D eigenvalue weighted by Gasteiger charge is 2.44. The molecule has 0 bridgehead atoms. The van der Waals surface area contributed by atoms with Gasteiger partial charge in [0.05, 0.1) is 0 Å². The van der Waals surface area contributed by atoms with Crippen LogP contribution in [0.4, 0.5) is 0 Å². The minimum atomic E-state index is 0.342. The monoisotopic (exact) mass is 382 g/mol. The number of benzene rings is 2. The van der Waals surface area contributed by atoms with Crippen LogP contribution < -0.4 is 0 Å². The molecule has 1 saturated carbocycles. The third-order valence-electron chi connectivity index (χ3n) is 7.16. The fourth-order valence-electron chi connectivity index (χ4n) is 5.72. The molecular weight excluding hydrogens is 348 g/mol. The minimum absolute atomic E-state index is 0.342. The third kappa shape index (κ3) is 3.90. The maximum atomic E-state index is 3.88. The van der Waals surface area contributed by atoms with E-state index < -0.39 is 0 Å². The van der Waals surface area contributed by atoms with Gasteiger partial charge in [0.25, 0.3) is 0 Å². The van der Waals surface area contributed by atoms with Crippen molar-refractivity contribution in [1.29, 1.82) is 0 Å². The van der Waals surface area contributed by atoms with Crippen LogP contribution in [-0.2, 0) is 0 Å². The van der Waals surface area contributed by atoms with Gasteiger partial charge in [0.2, 0.25) is 0 Å². The van der Waals surface area contributed by atoms with Gasteiger partial charge in [0.1, 0.15) is 0 Å². The van der Waals surface area contributed by atoms with Crippen LogP contribution in [0.1, 0.15) is 75.3 Å². The van der Waals surface area contributed by atoms with Crippen LogP contribution in [0.25, 0.3) is 11.1 Å². The number of hydrogen-bond donors (Lipinski definition) is 0. The lowest BCUT2D eigenvalue weighted by Gasteiger charge is -2.43. The van der Waals surface area contributed by atoms with Gasteiger partial charge >= 0.3 is 0 Å². The lowest BCUT2D eigenvalue weighted by Crippen LogP contribution is -2.31. The predicted octanol–water partition coefficient (Wildman–Crippen LogP) is 8.61. The van der Waals surface area contributed by atoms with Crippen molar-refractivity contribution in [2.75, 3.05) is 0 Å². The van der Waals surface area contributed by atoms with Crippen molar-refractivity contribution in [3.8, 4) is 11.1 Å². The van der Waals surface area contributed by atoms with Crippen molar-refractivity contribution in [2.45, 2.75) is 64.2 Å². The normalized spacial score (nSPS) is 18.6. The lowest BCUT2D eigenvalue weighted by molar-refractivity contribution is 0.166. The number of rotatable bonds is 7. The summed E-state index contributed by atoms with van der Waals surface area (Å²) in [5.41, 5.74) is 7.81. The highest BCUT2D eigenvalue weighted by molar-refractivity contribution is 5.79. The summed E-state index contributed by atoms with van der Waals surface area (Å²) in [6.45, 7) is 6.03. The SMILES string of the molecule is C=CCCC(/C=C\CC1(C2c3ccccc3-c3ccccc32)CCCCC1)=C/C. The molecule has 0 amide bonds. The predicted molar refractivity (Wildman–Crippen MR) is 126 cm³/mol. The molecule has 0 atom stereocenters. The van der Waals surface area contributed by atoms with Gasteiger partial charge in [-0.3, -0.25) is 0 Å². The van der Waals surface area contributed by atoms with E-state index in [0.717, 1.165) is 12.8 Å². The van der Waals surface area contributed by atoms with E-state index in [1.54, 1.807) is 11.1 Å². The Morgan fingerprint density at radius 2 is 1.59 bits per heavy atom. The Labute approximate surface area is 177 Å². The second kappa shape index (κ2) is 8.99. The van der Waals surface area contributed by atoms with E-state index in [1.807, 2.05) is 6.08 Å². The van der Waals surface area contributed by atoms with Crippen molar-refractivity contribution in [3.05, 3.63) is 96.1 Å². The van der Waals surface area contributed by atoms with E-state index in [2.05, 4.69) is 80.3 Å². The molecule has 2 aliphatic carbocycles. The summed E-state index contributed by atoms with van der Waals surface area (Å²) < 4.78 is 0. The van der Waals surface area contributed by atoms with Crippen LogP contribution in [0.5, 0.6) is 0 Å². The van der Waals surface area contributed by atoms with Crippen LogP contribution in [-0.4, -0.2) is 0 Å². The largest absolute Gasteiger partial charge is 0.103 e. The zero-order valence-electron chi connectivity index (χ0n) is 17.9. The second-order valence-corrected chi connectivity index (χ2v) is 8.83. The van der Waals surface area contributed by atoms with E-state index in [-0.39, 0.29) is 0 Å². The molecule has 0 nitrogen and oxygen atoms in total. The number of allylic oxidation sites excluding steroid dienone is 5. The molecule has 0 aliphatic heterocycles. The first-order chi connectivity index (χ1) is 14.3. The van der Waals surface area contributed by atoms with Crippen molar-refractivity contribution in [3.63, 3.8) is 0 Å². The van der Waals surface area contributed by atoms with E-state index in [4.69, 9.17) is 0 Å². The smallest absolute Gasteiger partial charge is 0.0161 e. The molecule has 2 aliphatic rings. The second-order valence-electron chi connectivity index (χ2n) is 8.83. The summed E-state index contributed by atoms with van der Waals surface area (Å²) in [5, 5.41) is 0. The van der Waals surface area contributed by atoms with Crippen LogP contribution in [0, 0.1) is 5.41 Å². The van der Waals surface area contributed by atoms with Crippen LogP contribution in [0.15, 0.2) is 85.0 Å². The van der Waals surface area contributed by atoms with Gasteiger partial charge in [0, 0.05) is 5.92 Å². The Morgan fingerprint density at radius 1 is 0.966 bits per heavy atom. The molecule has 0 heterocycles. The summed E-state index contributed by atoms with van der Waals surface area (Å²) in [4.78, 5) is 0.